The maximum atomic E-state index is 13.6. The number of halogens is 1. The molecule has 180 valence electrons. The van der Waals surface area contributed by atoms with Crippen molar-refractivity contribution in [3.8, 4) is 0 Å². The van der Waals surface area contributed by atoms with E-state index in [0.29, 0.717) is 17.9 Å². The van der Waals surface area contributed by atoms with E-state index in [1.807, 2.05) is 24.3 Å². The normalized spacial score (nSPS) is 24.4. The molecule has 1 saturated carbocycles. The maximum absolute atomic E-state index is 13.6. The van der Waals surface area contributed by atoms with Gasteiger partial charge in [-0.05, 0) is 76.7 Å². The quantitative estimate of drug-likeness (QED) is 0.394. The number of Topliss-reactive ketones (excluding diaryl/α,β-unsaturated/α-hetero) is 1. The van der Waals surface area contributed by atoms with Gasteiger partial charge in [0.05, 0.1) is 5.52 Å². The number of carbonyl (C=O) groups is 3. The molecule has 6 rings (SSSR count). The molecule has 35 heavy (non-hydrogen) atoms. The fourth-order valence-electron chi connectivity index (χ4n) is 5.80. The number of benzene rings is 1. The van der Waals surface area contributed by atoms with Gasteiger partial charge in [-0.25, -0.2) is 4.98 Å². The van der Waals surface area contributed by atoms with Crippen LogP contribution in [0.3, 0.4) is 0 Å². The number of aromatic nitrogens is 3. The summed E-state index contributed by atoms with van der Waals surface area (Å²) < 4.78 is 2.35. The van der Waals surface area contributed by atoms with Gasteiger partial charge in [-0.1, -0.05) is 25.1 Å². The zero-order chi connectivity index (χ0) is 24.5. The Kier molecular flexibility index (Phi) is 5.11. The fourth-order valence-corrected chi connectivity index (χ4v) is 6.29. The highest BCUT2D eigenvalue weighted by molar-refractivity contribution is 9.10. The van der Waals surface area contributed by atoms with Crippen molar-refractivity contribution in [3.05, 3.63) is 51.8 Å². The Bertz CT molecular complexity index is 1420. The summed E-state index contributed by atoms with van der Waals surface area (Å²) in [5, 5.41) is 8.20. The van der Waals surface area contributed by atoms with E-state index in [1.54, 1.807) is 9.58 Å². The molecule has 1 aromatic carbocycles. The number of aryl methyl sites for hydroxylation is 2. The molecule has 3 aliphatic rings. The van der Waals surface area contributed by atoms with Crippen LogP contribution in [0.15, 0.2) is 34.9 Å². The molecule has 8 nitrogen and oxygen atoms in total. The van der Waals surface area contributed by atoms with Crippen molar-refractivity contribution in [1.82, 2.24) is 19.7 Å². The number of nitrogens with zero attached hydrogens (tertiary/aromatic N) is 4. The van der Waals surface area contributed by atoms with Crippen LogP contribution in [0.25, 0.3) is 10.9 Å². The van der Waals surface area contributed by atoms with E-state index < -0.39 is 6.04 Å². The lowest BCUT2D eigenvalue weighted by molar-refractivity contribution is -0.138. The minimum absolute atomic E-state index is 0.0199. The van der Waals surface area contributed by atoms with Crippen molar-refractivity contribution in [1.29, 1.82) is 0 Å². The van der Waals surface area contributed by atoms with Gasteiger partial charge in [-0.3, -0.25) is 19.1 Å². The molecule has 2 amide bonds. The number of hydrogen-bond acceptors (Lipinski definition) is 5. The summed E-state index contributed by atoms with van der Waals surface area (Å²) in [5.41, 5.74) is 3.25. The number of pyridine rings is 1. The molecule has 2 aromatic heterocycles. The lowest BCUT2D eigenvalue weighted by atomic mass is 9.97. The SMILES string of the molecule is CC(=O)c1nn(CC(=O)N2C(C(=O)Nc3nc(Br)c4cc3CCC4)C[C@@]3(C)C[C@@H]23)c2ccccc12. The molecule has 1 aliphatic heterocycles. The van der Waals surface area contributed by atoms with Crippen molar-refractivity contribution in [2.24, 2.45) is 5.41 Å². The van der Waals surface area contributed by atoms with Gasteiger partial charge < -0.3 is 10.2 Å². The first-order valence-electron chi connectivity index (χ1n) is 12.0. The Morgan fingerprint density at radius 3 is 2.74 bits per heavy atom. The third kappa shape index (κ3) is 3.67. The molecule has 3 atom stereocenters. The van der Waals surface area contributed by atoms with Crippen LogP contribution >= 0.6 is 15.9 Å². The largest absolute Gasteiger partial charge is 0.325 e. The van der Waals surface area contributed by atoms with E-state index >= 15 is 0 Å². The highest BCUT2D eigenvalue weighted by Gasteiger charge is 2.64. The van der Waals surface area contributed by atoms with Crippen molar-refractivity contribution in [3.63, 3.8) is 0 Å². The second-order valence-corrected chi connectivity index (χ2v) is 11.0. The van der Waals surface area contributed by atoms with Gasteiger partial charge in [0.15, 0.2) is 5.78 Å². The zero-order valence-corrected chi connectivity index (χ0v) is 21.3. The second-order valence-electron chi connectivity index (χ2n) is 10.3. The zero-order valence-electron chi connectivity index (χ0n) is 19.7. The molecule has 1 N–H and O–H groups in total. The van der Waals surface area contributed by atoms with Crippen LogP contribution in [0.5, 0.6) is 0 Å². The van der Waals surface area contributed by atoms with Crippen LogP contribution in [0.4, 0.5) is 5.82 Å². The van der Waals surface area contributed by atoms with Crippen LogP contribution in [0.2, 0.25) is 0 Å². The summed E-state index contributed by atoms with van der Waals surface area (Å²) in [4.78, 5) is 45.5. The van der Waals surface area contributed by atoms with Gasteiger partial charge >= 0.3 is 0 Å². The number of fused-ring (bicyclic) bond motifs is 4. The number of piperidine rings is 1. The Morgan fingerprint density at radius 2 is 1.94 bits per heavy atom. The average molecular weight is 536 g/mol. The van der Waals surface area contributed by atoms with Crippen LogP contribution < -0.4 is 5.32 Å². The Balaban J connectivity index is 1.27. The lowest BCUT2D eigenvalue weighted by Crippen LogP contribution is -2.47. The van der Waals surface area contributed by atoms with Crippen molar-refractivity contribution < 1.29 is 14.4 Å². The molecule has 3 aromatic rings. The van der Waals surface area contributed by atoms with Crippen LogP contribution in [0.1, 0.15) is 54.7 Å². The molecule has 0 radical (unpaired) electrons. The van der Waals surface area contributed by atoms with Gasteiger partial charge in [0, 0.05) is 18.4 Å². The van der Waals surface area contributed by atoms with E-state index in [0.717, 1.165) is 52.3 Å². The number of anilines is 1. The smallest absolute Gasteiger partial charge is 0.248 e. The number of hydrogen-bond donors (Lipinski definition) is 1. The first-order chi connectivity index (χ1) is 16.7. The van der Waals surface area contributed by atoms with Gasteiger partial charge in [-0.2, -0.15) is 5.10 Å². The molecular formula is C26H26BrN5O3. The third-order valence-electron chi connectivity index (χ3n) is 7.76. The van der Waals surface area contributed by atoms with Crippen molar-refractivity contribution in [2.75, 3.05) is 5.32 Å². The summed E-state index contributed by atoms with van der Waals surface area (Å²) in [6.07, 6.45) is 4.40. The van der Waals surface area contributed by atoms with Crippen LogP contribution in [-0.2, 0) is 29.0 Å². The first kappa shape index (κ1) is 22.4. The topological polar surface area (TPSA) is 97.2 Å². The predicted octanol–water partition coefficient (Wildman–Crippen LogP) is 3.90. The summed E-state index contributed by atoms with van der Waals surface area (Å²) in [5.74, 6) is 0.0721. The minimum atomic E-state index is -0.559. The van der Waals surface area contributed by atoms with Crippen molar-refractivity contribution >= 4 is 50.2 Å². The molecule has 3 heterocycles. The van der Waals surface area contributed by atoms with Crippen molar-refractivity contribution in [2.45, 2.75) is 64.6 Å². The number of carbonyl (C=O) groups excluding carboxylic acids is 3. The number of nitrogens with one attached hydrogen (secondary N) is 1. The van der Waals surface area contributed by atoms with Gasteiger partial charge in [0.25, 0.3) is 0 Å². The van der Waals surface area contributed by atoms with Gasteiger partial charge in [0.2, 0.25) is 11.8 Å². The van der Waals surface area contributed by atoms with E-state index in [1.165, 1.54) is 6.92 Å². The van der Waals surface area contributed by atoms with E-state index in [-0.39, 0.29) is 35.6 Å². The number of amides is 2. The first-order valence-corrected chi connectivity index (χ1v) is 12.8. The molecule has 2 fully saturated rings. The third-order valence-corrected chi connectivity index (χ3v) is 8.45. The maximum Gasteiger partial charge on any atom is 0.248 e. The Morgan fingerprint density at radius 1 is 1.17 bits per heavy atom. The van der Waals surface area contributed by atoms with Gasteiger partial charge in [-0.15, -0.1) is 0 Å². The summed E-state index contributed by atoms with van der Waals surface area (Å²) in [6, 6.07) is 9.00. The standard InChI is InChI=1S/C26H26BrN5O3/c1-14(33)22-17-8-3-4-9-18(17)31(30-22)13-21(34)32-19(11-26(2)12-20(26)32)25(35)29-24-16-7-5-6-15(10-16)23(27)28-24/h3-4,8-10,19-20H,5-7,11-13H2,1-2H3,(H,28,29,35)/t19?,20-,26+/m1/s1. The highest BCUT2D eigenvalue weighted by atomic mass is 79.9. The molecular weight excluding hydrogens is 510 g/mol. The second kappa shape index (κ2) is 7.98. The van der Waals surface area contributed by atoms with Crippen LogP contribution in [0, 0.1) is 5.41 Å². The van der Waals surface area contributed by atoms with E-state index in [4.69, 9.17) is 0 Å². The summed E-state index contributed by atoms with van der Waals surface area (Å²) in [6.45, 7) is 3.59. The summed E-state index contributed by atoms with van der Waals surface area (Å²) in [7, 11) is 0. The molecule has 1 unspecified atom stereocenters. The predicted molar refractivity (Wildman–Crippen MR) is 134 cm³/mol. The average Bonchev–Trinajstić information content (AvgIpc) is 3.19. The Labute approximate surface area is 211 Å². The van der Waals surface area contributed by atoms with Crippen LogP contribution in [-0.4, -0.2) is 49.3 Å². The lowest BCUT2D eigenvalue weighted by Gasteiger charge is -2.27. The van der Waals surface area contributed by atoms with E-state index in [2.05, 4.69) is 44.3 Å². The number of rotatable bonds is 5. The highest BCUT2D eigenvalue weighted by Crippen LogP contribution is 2.59. The van der Waals surface area contributed by atoms with E-state index in [9.17, 15) is 14.4 Å². The molecule has 1 saturated heterocycles. The molecule has 2 bridgehead atoms. The number of para-hydroxylation sites is 1. The summed E-state index contributed by atoms with van der Waals surface area (Å²) >= 11 is 3.52. The fraction of sp³-hybridized carbons (Fsp3) is 0.423. The monoisotopic (exact) mass is 535 g/mol. The number of ketones is 1. The van der Waals surface area contributed by atoms with Gasteiger partial charge in [0.1, 0.15) is 28.7 Å². The Hall–Kier alpha value is -3.07. The molecule has 9 heteroatoms. The number of likely N-dealkylation sites (tertiary alicyclic amines) is 1. The molecule has 0 spiro atoms. The minimum Gasteiger partial charge on any atom is -0.325 e. The molecule has 2 aliphatic carbocycles.